The molecule has 2 aliphatic heterocycles. The monoisotopic (exact) mass is 392 g/mol. The van der Waals surface area contributed by atoms with Crippen LogP contribution >= 0.6 is 23.2 Å². The van der Waals surface area contributed by atoms with Gasteiger partial charge in [0.25, 0.3) is 0 Å². The lowest BCUT2D eigenvalue weighted by atomic mass is 9.90. The minimum atomic E-state index is -3.05. The van der Waals surface area contributed by atoms with Crippen LogP contribution in [0.4, 0.5) is 10.5 Å². The van der Waals surface area contributed by atoms with E-state index in [0.717, 1.165) is 0 Å². The molecule has 9 heteroatoms. The van der Waals surface area contributed by atoms with Crippen molar-refractivity contribution in [3.63, 3.8) is 0 Å². The van der Waals surface area contributed by atoms with Gasteiger partial charge >= 0.3 is 6.03 Å². The molecule has 2 N–H and O–H groups in total. The topological polar surface area (TPSA) is 84.5 Å². The molecule has 0 radical (unpaired) electrons. The fraction of sp³-hybridized carbons (Fsp3) is 0.533. The maximum absolute atomic E-state index is 12.2. The van der Waals surface area contributed by atoms with Gasteiger partial charge in [0.1, 0.15) is 0 Å². The number of halogens is 2. The van der Waals surface area contributed by atoms with Gasteiger partial charge in [0.05, 0.1) is 17.1 Å². The molecule has 6 nitrogen and oxygen atoms in total. The van der Waals surface area contributed by atoms with Crippen LogP contribution in [0.1, 0.15) is 19.3 Å². The molecule has 2 heterocycles. The van der Waals surface area contributed by atoms with Gasteiger partial charge in [-0.2, -0.15) is 0 Å². The number of rotatable bonds is 2. The van der Waals surface area contributed by atoms with Crippen molar-refractivity contribution in [3.05, 3.63) is 28.2 Å². The van der Waals surface area contributed by atoms with Gasteiger partial charge in [-0.3, -0.25) is 0 Å². The maximum Gasteiger partial charge on any atom is 0.319 e. The van der Waals surface area contributed by atoms with Gasteiger partial charge < -0.3 is 15.4 Å². The SMILES string of the molecule is O=C(Nc1cc(Cl)cc(Cl)c1)N[C@@H]1CCO[C@@]2(CCS(=O)(=O)C2)C1. The number of nitrogens with one attached hydrogen (secondary N) is 2. The molecule has 0 saturated carbocycles. The molecule has 2 fully saturated rings. The molecule has 2 atom stereocenters. The number of urea groups is 1. The molecular formula is C15H18Cl2N2O4S. The molecule has 0 unspecified atom stereocenters. The summed E-state index contributed by atoms with van der Waals surface area (Å²) in [5.41, 5.74) is -0.163. The van der Waals surface area contributed by atoms with Gasteiger partial charge in [-0.05, 0) is 37.5 Å². The number of carbonyl (C=O) groups is 1. The van der Waals surface area contributed by atoms with Gasteiger partial charge in [0, 0.05) is 28.4 Å². The van der Waals surface area contributed by atoms with E-state index in [2.05, 4.69) is 10.6 Å². The number of anilines is 1. The average Bonchev–Trinajstić information content (AvgIpc) is 2.72. The zero-order valence-corrected chi connectivity index (χ0v) is 15.2. The highest BCUT2D eigenvalue weighted by Gasteiger charge is 2.46. The zero-order chi connectivity index (χ0) is 17.4. The summed E-state index contributed by atoms with van der Waals surface area (Å²) in [7, 11) is -3.05. The molecule has 2 amide bonds. The van der Waals surface area contributed by atoms with E-state index in [4.69, 9.17) is 27.9 Å². The van der Waals surface area contributed by atoms with Crippen LogP contribution < -0.4 is 10.6 Å². The van der Waals surface area contributed by atoms with Gasteiger partial charge in [-0.25, -0.2) is 13.2 Å². The van der Waals surface area contributed by atoms with Crippen LogP contribution in [-0.4, -0.2) is 44.2 Å². The van der Waals surface area contributed by atoms with Crippen LogP contribution in [0.15, 0.2) is 18.2 Å². The third-order valence-electron chi connectivity index (χ3n) is 4.30. The number of benzene rings is 1. The average molecular weight is 393 g/mol. The predicted molar refractivity (Wildman–Crippen MR) is 93.6 cm³/mol. The summed E-state index contributed by atoms with van der Waals surface area (Å²) in [5.74, 6) is 0.177. The van der Waals surface area contributed by atoms with E-state index in [0.29, 0.717) is 41.6 Å². The molecule has 0 aromatic heterocycles. The first-order valence-electron chi connectivity index (χ1n) is 7.63. The molecule has 0 aliphatic carbocycles. The van der Waals surface area contributed by atoms with E-state index in [1.807, 2.05) is 0 Å². The Balaban J connectivity index is 1.60. The van der Waals surface area contributed by atoms with Crippen LogP contribution in [0, 0.1) is 0 Å². The largest absolute Gasteiger partial charge is 0.374 e. The van der Waals surface area contributed by atoms with E-state index in [1.165, 1.54) is 0 Å². The molecule has 2 aliphatic rings. The Labute approximate surface area is 150 Å². The Hall–Kier alpha value is -1.02. The lowest BCUT2D eigenvalue weighted by molar-refractivity contribution is -0.0685. The van der Waals surface area contributed by atoms with Crippen molar-refractivity contribution < 1.29 is 17.9 Å². The smallest absolute Gasteiger partial charge is 0.319 e. The number of amides is 2. The zero-order valence-electron chi connectivity index (χ0n) is 12.8. The fourth-order valence-electron chi connectivity index (χ4n) is 3.29. The second-order valence-corrected chi connectivity index (χ2v) is 9.38. The summed E-state index contributed by atoms with van der Waals surface area (Å²) >= 11 is 11.8. The van der Waals surface area contributed by atoms with E-state index in [-0.39, 0.29) is 23.6 Å². The van der Waals surface area contributed by atoms with Gasteiger partial charge in [0.2, 0.25) is 0 Å². The Morgan fingerprint density at radius 1 is 1.25 bits per heavy atom. The number of hydrogen-bond acceptors (Lipinski definition) is 4. The number of ether oxygens (including phenoxy) is 1. The first kappa shape index (κ1) is 17.8. The predicted octanol–water partition coefficient (Wildman–Crippen LogP) is 2.85. The molecule has 1 aromatic rings. The van der Waals surface area contributed by atoms with E-state index in [9.17, 15) is 13.2 Å². The summed E-state index contributed by atoms with van der Waals surface area (Å²) in [6.07, 6.45) is 1.63. The lowest BCUT2D eigenvalue weighted by Crippen LogP contribution is -2.50. The standard InChI is InChI=1S/C15H18Cl2N2O4S/c16-10-5-11(17)7-13(6-10)19-14(20)18-12-1-3-23-15(8-12)2-4-24(21,22)9-15/h5-7,12H,1-4,8-9H2,(H2,18,19,20)/t12-,15+/m1/s1. The molecule has 132 valence electrons. The van der Waals surface area contributed by atoms with Crippen LogP contribution in [0.25, 0.3) is 0 Å². The first-order chi connectivity index (χ1) is 11.3. The number of carbonyl (C=O) groups excluding carboxylic acids is 1. The van der Waals surface area contributed by atoms with Gasteiger partial charge in [-0.15, -0.1) is 0 Å². The molecule has 2 saturated heterocycles. The highest BCUT2D eigenvalue weighted by molar-refractivity contribution is 7.91. The number of sulfone groups is 1. The van der Waals surface area contributed by atoms with Crippen LogP contribution in [0.3, 0.4) is 0 Å². The lowest BCUT2D eigenvalue weighted by Gasteiger charge is -2.37. The van der Waals surface area contributed by atoms with E-state index < -0.39 is 15.4 Å². The molecule has 1 spiro atoms. The molecule has 24 heavy (non-hydrogen) atoms. The fourth-order valence-corrected chi connectivity index (χ4v) is 5.79. The Kier molecular flexibility index (Phi) is 4.97. The second-order valence-electron chi connectivity index (χ2n) is 6.32. The van der Waals surface area contributed by atoms with Gasteiger partial charge in [0.15, 0.2) is 9.84 Å². The normalized spacial score (nSPS) is 28.7. The Bertz CT molecular complexity index is 736. The van der Waals surface area contributed by atoms with Crippen molar-refractivity contribution in [2.45, 2.75) is 30.9 Å². The van der Waals surface area contributed by atoms with E-state index >= 15 is 0 Å². The van der Waals surface area contributed by atoms with Gasteiger partial charge in [-0.1, -0.05) is 23.2 Å². The molecular weight excluding hydrogens is 375 g/mol. The summed E-state index contributed by atoms with van der Waals surface area (Å²) < 4.78 is 29.2. The van der Waals surface area contributed by atoms with Crippen molar-refractivity contribution in [2.24, 2.45) is 0 Å². The summed E-state index contributed by atoms with van der Waals surface area (Å²) in [6, 6.07) is 4.26. The van der Waals surface area contributed by atoms with Crippen molar-refractivity contribution >= 4 is 44.8 Å². The van der Waals surface area contributed by atoms with Crippen LogP contribution in [-0.2, 0) is 14.6 Å². The third kappa shape index (κ3) is 4.33. The summed E-state index contributed by atoms with van der Waals surface area (Å²) in [4.78, 5) is 12.2. The van der Waals surface area contributed by atoms with E-state index in [1.54, 1.807) is 18.2 Å². The van der Waals surface area contributed by atoms with Crippen molar-refractivity contribution in [3.8, 4) is 0 Å². The Morgan fingerprint density at radius 3 is 2.58 bits per heavy atom. The first-order valence-corrected chi connectivity index (χ1v) is 10.2. The highest BCUT2D eigenvalue weighted by atomic mass is 35.5. The van der Waals surface area contributed by atoms with Crippen molar-refractivity contribution in [2.75, 3.05) is 23.4 Å². The molecule has 0 bridgehead atoms. The minimum Gasteiger partial charge on any atom is -0.374 e. The maximum atomic E-state index is 12.2. The van der Waals surface area contributed by atoms with Crippen LogP contribution in [0.2, 0.25) is 10.0 Å². The van der Waals surface area contributed by atoms with Crippen LogP contribution in [0.5, 0.6) is 0 Å². The Morgan fingerprint density at radius 2 is 1.96 bits per heavy atom. The van der Waals surface area contributed by atoms with Crippen molar-refractivity contribution in [1.29, 1.82) is 0 Å². The number of hydrogen-bond donors (Lipinski definition) is 2. The highest BCUT2D eigenvalue weighted by Crippen LogP contribution is 2.35. The second kappa shape index (κ2) is 6.71. The molecule has 1 aromatic carbocycles. The minimum absolute atomic E-state index is 0.0314. The molecule has 3 rings (SSSR count). The van der Waals surface area contributed by atoms with Crippen molar-refractivity contribution in [1.82, 2.24) is 5.32 Å². The third-order valence-corrected chi connectivity index (χ3v) is 6.53. The summed E-state index contributed by atoms with van der Waals surface area (Å²) in [5, 5.41) is 6.42. The summed E-state index contributed by atoms with van der Waals surface area (Å²) in [6.45, 7) is 0.434. The quantitative estimate of drug-likeness (QED) is 0.809.